The van der Waals surface area contributed by atoms with Crippen molar-refractivity contribution in [1.29, 1.82) is 0 Å². The van der Waals surface area contributed by atoms with Crippen LogP contribution >= 0.6 is 0 Å². The number of nitrogens with one attached hydrogen (secondary N) is 3. The second kappa shape index (κ2) is 8.84. The summed E-state index contributed by atoms with van der Waals surface area (Å²) in [5.74, 6) is -0.188. The van der Waals surface area contributed by atoms with Gasteiger partial charge in [0.1, 0.15) is 11.9 Å². The summed E-state index contributed by atoms with van der Waals surface area (Å²) in [5, 5.41) is 2.95. The van der Waals surface area contributed by atoms with Crippen LogP contribution in [0.25, 0.3) is 0 Å². The molecule has 128 valence electrons. The van der Waals surface area contributed by atoms with Gasteiger partial charge < -0.3 is 10.2 Å². The molecule has 0 saturated carbocycles. The Morgan fingerprint density at radius 1 is 1.39 bits per heavy atom. The summed E-state index contributed by atoms with van der Waals surface area (Å²) in [6.07, 6.45) is 3.78. The van der Waals surface area contributed by atoms with Crippen LogP contribution in [-0.4, -0.2) is 38.1 Å². The standard InChI is InChI=1S/C17H27FN4O/c1-3-7-13-12-15(21-20-13)17(23)19-10-6-11-22(2)16-9-5-4-8-14(16)18/h4-5,8-9,13,15,20-21H,3,6-7,10-12H2,1-2H3,(H,19,23). The number of hydrogen-bond donors (Lipinski definition) is 3. The Bertz CT molecular complexity index is 511. The number of rotatable bonds is 8. The second-order valence-electron chi connectivity index (χ2n) is 6.08. The first-order valence-electron chi connectivity index (χ1n) is 8.36. The molecule has 23 heavy (non-hydrogen) atoms. The first-order valence-corrected chi connectivity index (χ1v) is 8.36. The molecule has 1 aliphatic heterocycles. The monoisotopic (exact) mass is 322 g/mol. The van der Waals surface area contributed by atoms with E-state index < -0.39 is 0 Å². The predicted octanol–water partition coefficient (Wildman–Crippen LogP) is 1.80. The van der Waals surface area contributed by atoms with Gasteiger partial charge in [-0.1, -0.05) is 25.5 Å². The van der Waals surface area contributed by atoms with Crippen molar-refractivity contribution in [2.75, 3.05) is 25.0 Å². The van der Waals surface area contributed by atoms with Crippen molar-refractivity contribution in [2.45, 2.75) is 44.7 Å². The molecule has 3 N–H and O–H groups in total. The van der Waals surface area contributed by atoms with E-state index in [-0.39, 0.29) is 17.8 Å². The molecule has 0 radical (unpaired) electrons. The summed E-state index contributed by atoms with van der Waals surface area (Å²) >= 11 is 0. The maximum Gasteiger partial charge on any atom is 0.238 e. The number of hydrazine groups is 1. The lowest BCUT2D eigenvalue weighted by Gasteiger charge is -2.20. The van der Waals surface area contributed by atoms with Gasteiger partial charge in [0, 0.05) is 26.2 Å². The highest BCUT2D eigenvalue weighted by molar-refractivity contribution is 5.82. The van der Waals surface area contributed by atoms with Crippen molar-refractivity contribution in [3.63, 3.8) is 0 Å². The third-order valence-corrected chi connectivity index (χ3v) is 4.17. The van der Waals surface area contributed by atoms with Crippen LogP contribution in [0.15, 0.2) is 24.3 Å². The molecule has 1 aliphatic rings. The van der Waals surface area contributed by atoms with E-state index in [1.165, 1.54) is 6.07 Å². The third kappa shape index (κ3) is 5.18. The molecule has 1 fully saturated rings. The van der Waals surface area contributed by atoms with Gasteiger partial charge in [-0.25, -0.2) is 9.82 Å². The van der Waals surface area contributed by atoms with Crippen LogP contribution in [0.3, 0.4) is 0 Å². The number of amides is 1. The average Bonchev–Trinajstić information content (AvgIpc) is 3.01. The Morgan fingerprint density at radius 2 is 2.17 bits per heavy atom. The van der Waals surface area contributed by atoms with Gasteiger partial charge in [0.2, 0.25) is 5.91 Å². The Balaban J connectivity index is 1.65. The number of carbonyl (C=O) groups is 1. The highest BCUT2D eigenvalue weighted by Crippen LogP contribution is 2.16. The smallest absolute Gasteiger partial charge is 0.238 e. The molecule has 2 rings (SSSR count). The molecule has 1 amide bonds. The Hall–Kier alpha value is -1.66. The summed E-state index contributed by atoms with van der Waals surface area (Å²) in [6.45, 7) is 3.42. The molecule has 2 unspecified atom stereocenters. The van der Waals surface area contributed by atoms with Crippen LogP contribution in [0.4, 0.5) is 10.1 Å². The number of anilines is 1. The Morgan fingerprint density at radius 3 is 2.91 bits per heavy atom. The zero-order valence-corrected chi connectivity index (χ0v) is 13.9. The number of carbonyl (C=O) groups excluding carboxylic acids is 1. The molecular weight excluding hydrogens is 295 g/mol. The number of benzene rings is 1. The molecule has 2 atom stereocenters. The summed E-state index contributed by atoms with van der Waals surface area (Å²) in [5.41, 5.74) is 6.80. The highest BCUT2D eigenvalue weighted by Gasteiger charge is 2.28. The van der Waals surface area contributed by atoms with Gasteiger partial charge >= 0.3 is 0 Å². The summed E-state index contributed by atoms with van der Waals surface area (Å²) in [4.78, 5) is 13.9. The van der Waals surface area contributed by atoms with Crippen LogP contribution in [0.2, 0.25) is 0 Å². The van der Waals surface area contributed by atoms with E-state index in [0.717, 1.165) is 25.7 Å². The summed E-state index contributed by atoms with van der Waals surface area (Å²) in [7, 11) is 1.86. The fourth-order valence-electron chi connectivity index (χ4n) is 2.86. The van der Waals surface area contributed by atoms with Crippen LogP contribution in [0.1, 0.15) is 32.6 Å². The van der Waals surface area contributed by atoms with Gasteiger partial charge in [-0.3, -0.25) is 10.2 Å². The van der Waals surface area contributed by atoms with Gasteiger partial charge in [0.15, 0.2) is 0 Å². The van der Waals surface area contributed by atoms with E-state index in [9.17, 15) is 9.18 Å². The molecule has 0 bridgehead atoms. The minimum Gasteiger partial charge on any atom is -0.372 e. The predicted molar refractivity (Wildman–Crippen MR) is 90.7 cm³/mol. The quantitative estimate of drug-likeness (QED) is 0.639. The van der Waals surface area contributed by atoms with E-state index in [4.69, 9.17) is 0 Å². The second-order valence-corrected chi connectivity index (χ2v) is 6.08. The fraction of sp³-hybridized carbons (Fsp3) is 0.588. The van der Waals surface area contributed by atoms with Crippen LogP contribution in [-0.2, 0) is 4.79 Å². The molecule has 0 aromatic heterocycles. The normalized spacial score (nSPS) is 20.5. The molecule has 0 spiro atoms. The molecular formula is C17H27FN4O. The van der Waals surface area contributed by atoms with Crippen molar-refractivity contribution in [1.82, 2.24) is 16.2 Å². The minimum atomic E-state index is -0.220. The minimum absolute atomic E-state index is 0.0321. The van der Waals surface area contributed by atoms with E-state index in [1.54, 1.807) is 12.1 Å². The lowest BCUT2D eigenvalue weighted by atomic mass is 10.1. The largest absolute Gasteiger partial charge is 0.372 e. The van der Waals surface area contributed by atoms with Crippen LogP contribution < -0.4 is 21.1 Å². The molecule has 6 heteroatoms. The van der Waals surface area contributed by atoms with Crippen molar-refractivity contribution in [3.05, 3.63) is 30.1 Å². The third-order valence-electron chi connectivity index (χ3n) is 4.17. The number of para-hydroxylation sites is 1. The van der Waals surface area contributed by atoms with Gasteiger partial charge in [-0.15, -0.1) is 0 Å². The fourth-order valence-corrected chi connectivity index (χ4v) is 2.86. The van der Waals surface area contributed by atoms with Crippen molar-refractivity contribution >= 4 is 11.6 Å². The zero-order valence-electron chi connectivity index (χ0n) is 13.9. The SMILES string of the molecule is CCCC1CC(C(=O)NCCCN(C)c2ccccc2F)NN1. The van der Waals surface area contributed by atoms with Gasteiger partial charge in [-0.2, -0.15) is 0 Å². The number of hydrogen-bond acceptors (Lipinski definition) is 4. The van der Waals surface area contributed by atoms with E-state index in [1.807, 2.05) is 18.0 Å². The molecule has 1 heterocycles. The van der Waals surface area contributed by atoms with E-state index in [2.05, 4.69) is 23.1 Å². The van der Waals surface area contributed by atoms with Crippen molar-refractivity contribution in [3.8, 4) is 0 Å². The zero-order chi connectivity index (χ0) is 16.7. The molecule has 5 nitrogen and oxygen atoms in total. The van der Waals surface area contributed by atoms with Crippen LogP contribution in [0.5, 0.6) is 0 Å². The summed E-state index contributed by atoms with van der Waals surface area (Å²) in [6, 6.07) is 6.94. The maximum absolute atomic E-state index is 13.7. The van der Waals surface area contributed by atoms with Crippen molar-refractivity contribution < 1.29 is 9.18 Å². The Labute approximate surface area is 137 Å². The molecule has 1 aromatic carbocycles. The van der Waals surface area contributed by atoms with Gasteiger partial charge in [0.05, 0.1) is 5.69 Å². The van der Waals surface area contributed by atoms with Crippen LogP contribution in [0, 0.1) is 5.82 Å². The lowest BCUT2D eigenvalue weighted by Crippen LogP contribution is -2.44. The average molecular weight is 322 g/mol. The lowest BCUT2D eigenvalue weighted by molar-refractivity contribution is -0.122. The number of nitrogens with zero attached hydrogens (tertiary/aromatic N) is 1. The maximum atomic E-state index is 13.7. The number of halogens is 1. The van der Waals surface area contributed by atoms with E-state index in [0.29, 0.717) is 24.8 Å². The molecule has 1 aromatic rings. The Kier molecular flexibility index (Phi) is 6.80. The summed E-state index contributed by atoms with van der Waals surface area (Å²) < 4.78 is 13.7. The first-order chi connectivity index (χ1) is 11.1. The van der Waals surface area contributed by atoms with E-state index >= 15 is 0 Å². The highest BCUT2D eigenvalue weighted by atomic mass is 19.1. The van der Waals surface area contributed by atoms with Gasteiger partial charge in [-0.05, 0) is 31.4 Å². The topological polar surface area (TPSA) is 56.4 Å². The molecule has 1 saturated heterocycles. The van der Waals surface area contributed by atoms with Gasteiger partial charge in [0.25, 0.3) is 0 Å². The first kappa shape index (κ1) is 17.7. The molecule has 0 aliphatic carbocycles. The van der Waals surface area contributed by atoms with Crippen molar-refractivity contribution in [2.24, 2.45) is 0 Å².